The summed E-state index contributed by atoms with van der Waals surface area (Å²) in [5.41, 5.74) is 4.45. The summed E-state index contributed by atoms with van der Waals surface area (Å²) >= 11 is 0. The van der Waals surface area contributed by atoms with Gasteiger partial charge in [0.1, 0.15) is 5.92 Å². The Bertz CT molecular complexity index is 1140. The summed E-state index contributed by atoms with van der Waals surface area (Å²) in [6, 6.07) is 24.7. The molecule has 3 aromatic rings. The summed E-state index contributed by atoms with van der Waals surface area (Å²) in [5, 5.41) is 1.72. The van der Waals surface area contributed by atoms with Crippen LogP contribution in [0.25, 0.3) is 0 Å². The summed E-state index contributed by atoms with van der Waals surface area (Å²) in [7, 11) is 3.97. The molecular formula is C26H25N3O3. The highest BCUT2D eigenvalue weighted by atomic mass is 16.7. The first kappa shape index (κ1) is 20.3. The van der Waals surface area contributed by atoms with Gasteiger partial charge in [-0.2, -0.15) is 0 Å². The maximum absolute atomic E-state index is 13.6. The lowest BCUT2D eigenvalue weighted by Crippen LogP contribution is -2.37. The molecule has 6 heteroatoms. The van der Waals surface area contributed by atoms with Crippen molar-refractivity contribution < 1.29 is 14.4 Å². The van der Waals surface area contributed by atoms with Gasteiger partial charge < -0.3 is 4.90 Å². The summed E-state index contributed by atoms with van der Waals surface area (Å²) in [6.45, 7) is 1.97. The molecule has 0 aromatic heterocycles. The number of hydrogen-bond acceptors (Lipinski definition) is 5. The molecule has 2 fully saturated rings. The van der Waals surface area contributed by atoms with E-state index in [1.165, 1.54) is 4.90 Å². The van der Waals surface area contributed by atoms with Gasteiger partial charge in [-0.05, 0) is 48.9 Å². The van der Waals surface area contributed by atoms with Gasteiger partial charge in [-0.15, -0.1) is 0 Å². The molecule has 3 atom stereocenters. The Morgan fingerprint density at radius 1 is 0.781 bits per heavy atom. The Labute approximate surface area is 187 Å². The molecule has 0 unspecified atom stereocenters. The molecule has 2 aliphatic rings. The van der Waals surface area contributed by atoms with Crippen molar-refractivity contribution in [3.63, 3.8) is 0 Å². The smallest absolute Gasteiger partial charge is 0.266 e. The number of fused-ring (bicyclic) bond motifs is 1. The van der Waals surface area contributed by atoms with Crippen molar-refractivity contribution in [3.05, 3.63) is 90.0 Å². The molecule has 32 heavy (non-hydrogen) atoms. The largest absolute Gasteiger partial charge is 0.378 e. The molecule has 2 heterocycles. The van der Waals surface area contributed by atoms with Gasteiger partial charge in [-0.25, -0.2) is 9.96 Å². The number of imide groups is 1. The number of carbonyl (C=O) groups is 2. The van der Waals surface area contributed by atoms with E-state index in [-0.39, 0.29) is 11.8 Å². The molecule has 2 amide bonds. The number of aryl methyl sites for hydroxylation is 1. The molecule has 5 rings (SSSR count). The standard InChI is InChI=1S/C26H25N3O3/c1-17-9-13-20(14-10-17)28-25(30)22-23(18-11-15-19(16-12-18)27(2)3)29(32-24(22)26(28)31)21-7-5-4-6-8-21/h4-16,22-24H,1-3H3/t22-,23+,24+/m0/s1. The molecule has 2 aliphatic heterocycles. The van der Waals surface area contributed by atoms with Gasteiger partial charge in [-0.1, -0.05) is 48.0 Å². The van der Waals surface area contributed by atoms with Crippen LogP contribution in [0.2, 0.25) is 0 Å². The normalized spacial score (nSPS) is 22.4. The van der Waals surface area contributed by atoms with E-state index in [4.69, 9.17) is 4.84 Å². The number of anilines is 3. The lowest BCUT2D eigenvalue weighted by Gasteiger charge is -2.29. The fourth-order valence-corrected chi connectivity index (χ4v) is 4.47. The van der Waals surface area contributed by atoms with Crippen LogP contribution >= 0.6 is 0 Å². The van der Waals surface area contributed by atoms with Gasteiger partial charge in [0, 0.05) is 19.8 Å². The van der Waals surface area contributed by atoms with E-state index in [9.17, 15) is 9.59 Å². The van der Waals surface area contributed by atoms with Crippen molar-refractivity contribution >= 4 is 28.9 Å². The molecule has 0 bridgehead atoms. The van der Waals surface area contributed by atoms with Crippen LogP contribution in [0.15, 0.2) is 78.9 Å². The molecular weight excluding hydrogens is 402 g/mol. The van der Waals surface area contributed by atoms with E-state index in [2.05, 4.69) is 0 Å². The van der Waals surface area contributed by atoms with E-state index in [1.54, 1.807) is 5.06 Å². The minimum atomic E-state index is -0.859. The van der Waals surface area contributed by atoms with Gasteiger partial charge in [0.2, 0.25) is 5.91 Å². The van der Waals surface area contributed by atoms with Gasteiger partial charge in [0.05, 0.1) is 17.4 Å². The molecule has 0 saturated carbocycles. The second kappa shape index (κ2) is 7.80. The Balaban J connectivity index is 1.56. The first-order valence-corrected chi connectivity index (χ1v) is 10.7. The van der Waals surface area contributed by atoms with Crippen LogP contribution < -0.4 is 14.9 Å². The number of hydrogen-bond donors (Lipinski definition) is 0. The quantitative estimate of drug-likeness (QED) is 0.587. The third-order valence-electron chi connectivity index (χ3n) is 6.17. The van der Waals surface area contributed by atoms with Crippen molar-refractivity contribution in [2.75, 3.05) is 29.0 Å². The van der Waals surface area contributed by atoms with E-state index >= 15 is 0 Å². The Hall–Kier alpha value is -3.64. The van der Waals surface area contributed by atoms with Crippen molar-refractivity contribution in [2.45, 2.75) is 19.1 Å². The van der Waals surface area contributed by atoms with E-state index in [0.29, 0.717) is 5.69 Å². The van der Waals surface area contributed by atoms with Crippen molar-refractivity contribution in [3.8, 4) is 0 Å². The summed E-state index contributed by atoms with van der Waals surface area (Å²) in [4.78, 5) is 36.4. The van der Waals surface area contributed by atoms with E-state index < -0.39 is 18.1 Å². The van der Waals surface area contributed by atoms with Gasteiger partial charge >= 0.3 is 0 Å². The average Bonchev–Trinajstić information content (AvgIpc) is 3.31. The monoisotopic (exact) mass is 427 g/mol. The van der Waals surface area contributed by atoms with Crippen LogP contribution in [0.4, 0.5) is 17.1 Å². The Kier molecular flexibility index (Phi) is 4.94. The second-order valence-corrected chi connectivity index (χ2v) is 8.49. The molecule has 0 aliphatic carbocycles. The number of amides is 2. The fraction of sp³-hybridized carbons (Fsp3) is 0.231. The van der Waals surface area contributed by atoms with Crippen LogP contribution in [0.1, 0.15) is 17.2 Å². The zero-order chi connectivity index (χ0) is 22.4. The SMILES string of the molecule is Cc1ccc(N2C(=O)[C@H]3[C@@H](c4ccc(N(C)C)cc4)N(c4ccccc4)O[C@H]3C2=O)cc1. The summed E-state index contributed by atoms with van der Waals surface area (Å²) in [5.74, 6) is -1.18. The first-order chi connectivity index (χ1) is 15.5. The van der Waals surface area contributed by atoms with Gasteiger partial charge in [0.25, 0.3) is 5.91 Å². The molecule has 0 N–H and O–H groups in total. The molecule has 0 spiro atoms. The van der Waals surface area contributed by atoms with Crippen LogP contribution in [0, 0.1) is 12.8 Å². The molecule has 0 radical (unpaired) electrons. The van der Waals surface area contributed by atoms with Gasteiger partial charge in [-0.3, -0.25) is 14.4 Å². The Morgan fingerprint density at radius 3 is 2.06 bits per heavy atom. The first-order valence-electron chi connectivity index (χ1n) is 10.7. The lowest BCUT2D eigenvalue weighted by atomic mass is 9.90. The van der Waals surface area contributed by atoms with Crippen LogP contribution in [0.3, 0.4) is 0 Å². The van der Waals surface area contributed by atoms with Crippen molar-refractivity contribution in [1.82, 2.24) is 0 Å². The molecule has 2 saturated heterocycles. The highest BCUT2D eigenvalue weighted by Crippen LogP contribution is 2.47. The minimum absolute atomic E-state index is 0.232. The Morgan fingerprint density at radius 2 is 1.44 bits per heavy atom. The minimum Gasteiger partial charge on any atom is -0.378 e. The maximum Gasteiger partial charge on any atom is 0.266 e. The van der Waals surface area contributed by atoms with Crippen molar-refractivity contribution in [1.29, 1.82) is 0 Å². The van der Waals surface area contributed by atoms with Crippen molar-refractivity contribution in [2.24, 2.45) is 5.92 Å². The maximum atomic E-state index is 13.6. The van der Waals surface area contributed by atoms with Crippen LogP contribution in [-0.2, 0) is 14.4 Å². The van der Waals surface area contributed by atoms with Gasteiger partial charge in [0.15, 0.2) is 6.10 Å². The highest BCUT2D eigenvalue weighted by Gasteiger charge is 2.60. The topological polar surface area (TPSA) is 53.1 Å². The second-order valence-electron chi connectivity index (χ2n) is 8.49. The summed E-state index contributed by atoms with van der Waals surface area (Å²) in [6.07, 6.45) is -0.859. The number of nitrogens with zero attached hydrogens (tertiary/aromatic N) is 3. The van der Waals surface area contributed by atoms with Crippen LogP contribution in [-0.4, -0.2) is 32.0 Å². The number of para-hydroxylation sites is 1. The van der Waals surface area contributed by atoms with E-state index in [1.807, 2.05) is 105 Å². The zero-order valence-electron chi connectivity index (χ0n) is 18.3. The third kappa shape index (κ3) is 3.24. The number of carbonyl (C=O) groups excluding carboxylic acids is 2. The predicted molar refractivity (Wildman–Crippen MR) is 124 cm³/mol. The molecule has 162 valence electrons. The average molecular weight is 428 g/mol. The fourth-order valence-electron chi connectivity index (χ4n) is 4.47. The molecule has 3 aromatic carbocycles. The third-order valence-corrected chi connectivity index (χ3v) is 6.17. The number of benzene rings is 3. The number of hydroxylamine groups is 1. The number of rotatable bonds is 4. The molecule has 6 nitrogen and oxygen atoms in total. The van der Waals surface area contributed by atoms with E-state index in [0.717, 1.165) is 22.5 Å². The highest BCUT2D eigenvalue weighted by molar-refractivity contribution is 6.23. The lowest BCUT2D eigenvalue weighted by molar-refractivity contribution is -0.126. The van der Waals surface area contributed by atoms with Crippen LogP contribution in [0.5, 0.6) is 0 Å². The predicted octanol–water partition coefficient (Wildman–Crippen LogP) is 4.11. The summed E-state index contributed by atoms with van der Waals surface area (Å²) < 4.78 is 0. The zero-order valence-corrected chi connectivity index (χ0v) is 18.3.